The van der Waals surface area contributed by atoms with Gasteiger partial charge in [-0.15, -0.1) is 11.3 Å². The van der Waals surface area contributed by atoms with Crippen molar-refractivity contribution in [3.05, 3.63) is 40.2 Å². The van der Waals surface area contributed by atoms with Crippen LogP contribution >= 0.6 is 11.3 Å². The molecule has 0 saturated carbocycles. The molecule has 0 aliphatic carbocycles. The molecule has 2 aromatic rings. The van der Waals surface area contributed by atoms with Crippen LogP contribution in [0.5, 0.6) is 0 Å². The monoisotopic (exact) mass is 332 g/mol. The lowest BCUT2D eigenvalue weighted by atomic mass is 9.98. The highest BCUT2D eigenvalue weighted by molar-refractivity contribution is 7.09. The van der Waals surface area contributed by atoms with Gasteiger partial charge < -0.3 is 9.32 Å². The van der Waals surface area contributed by atoms with Crippen LogP contribution in [-0.2, 0) is 11.2 Å². The molecule has 1 atom stereocenters. The minimum atomic E-state index is 0.228. The van der Waals surface area contributed by atoms with E-state index in [2.05, 4.69) is 19.2 Å². The Morgan fingerprint density at radius 3 is 3.09 bits per heavy atom. The van der Waals surface area contributed by atoms with E-state index in [1.54, 1.807) is 17.6 Å². The SMILES string of the molecule is CC(C)c1csc([C@@H]2CCCN(C(=O)CCc3ccco3)C2)n1. The highest BCUT2D eigenvalue weighted by atomic mass is 32.1. The molecule has 0 spiro atoms. The fourth-order valence-electron chi connectivity index (χ4n) is 3.00. The van der Waals surface area contributed by atoms with E-state index in [4.69, 9.17) is 9.40 Å². The Morgan fingerprint density at radius 2 is 2.39 bits per heavy atom. The van der Waals surface area contributed by atoms with Gasteiger partial charge in [0.25, 0.3) is 0 Å². The maximum Gasteiger partial charge on any atom is 0.223 e. The molecule has 23 heavy (non-hydrogen) atoms. The first-order valence-electron chi connectivity index (χ1n) is 8.39. The molecule has 5 heteroatoms. The number of furan rings is 1. The summed E-state index contributed by atoms with van der Waals surface area (Å²) in [7, 11) is 0. The fourth-order valence-corrected chi connectivity index (χ4v) is 4.11. The van der Waals surface area contributed by atoms with Crippen LogP contribution in [0.3, 0.4) is 0 Å². The maximum atomic E-state index is 12.5. The highest BCUT2D eigenvalue weighted by Crippen LogP contribution is 2.31. The van der Waals surface area contributed by atoms with Crippen molar-refractivity contribution in [3.8, 4) is 0 Å². The predicted molar refractivity (Wildman–Crippen MR) is 91.8 cm³/mol. The summed E-state index contributed by atoms with van der Waals surface area (Å²) in [4.78, 5) is 19.2. The quantitative estimate of drug-likeness (QED) is 0.824. The van der Waals surface area contributed by atoms with E-state index in [9.17, 15) is 4.79 Å². The first-order valence-corrected chi connectivity index (χ1v) is 9.27. The molecule has 3 rings (SSSR count). The summed E-state index contributed by atoms with van der Waals surface area (Å²) in [6.07, 6.45) is 5.06. The molecule has 1 aliphatic rings. The number of carbonyl (C=O) groups is 1. The Bertz CT molecular complexity index is 633. The molecule has 0 radical (unpaired) electrons. The zero-order chi connectivity index (χ0) is 16.2. The van der Waals surface area contributed by atoms with Crippen LogP contribution < -0.4 is 0 Å². The normalized spacial score (nSPS) is 18.6. The van der Waals surface area contributed by atoms with E-state index < -0.39 is 0 Å². The summed E-state index contributed by atoms with van der Waals surface area (Å²) in [5, 5.41) is 3.36. The Labute approximate surface area is 141 Å². The second-order valence-electron chi connectivity index (χ2n) is 6.52. The van der Waals surface area contributed by atoms with E-state index in [1.165, 1.54) is 10.7 Å². The third-order valence-corrected chi connectivity index (χ3v) is 5.45. The predicted octanol–water partition coefficient (Wildman–Crippen LogP) is 4.20. The number of piperidine rings is 1. The summed E-state index contributed by atoms with van der Waals surface area (Å²) < 4.78 is 5.31. The average molecular weight is 332 g/mol. The van der Waals surface area contributed by atoms with Gasteiger partial charge in [0, 0.05) is 37.2 Å². The number of aryl methyl sites for hydroxylation is 1. The van der Waals surface area contributed by atoms with Gasteiger partial charge in [-0.2, -0.15) is 0 Å². The van der Waals surface area contributed by atoms with Gasteiger partial charge in [-0.3, -0.25) is 4.79 Å². The van der Waals surface area contributed by atoms with E-state index in [0.29, 0.717) is 24.7 Å². The number of thiazole rings is 1. The third kappa shape index (κ3) is 4.02. The molecule has 0 unspecified atom stereocenters. The van der Waals surface area contributed by atoms with Crippen LogP contribution in [0.2, 0.25) is 0 Å². The van der Waals surface area contributed by atoms with Crippen molar-refractivity contribution in [2.24, 2.45) is 0 Å². The zero-order valence-corrected chi connectivity index (χ0v) is 14.6. The van der Waals surface area contributed by atoms with Crippen LogP contribution in [0.15, 0.2) is 28.2 Å². The number of amides is 1. The summed E-state index contributed by atoms with van der Waals surface area (Å²) in [5.74, 6) is 1.98. The lowest BCUT2D eigenvalue weighted by molar-refractivity contribution is -0.132. The molecule has 2 aromatic heterocycles. The van der Waals surface area contributed by atoms with Crippen molar-refractivity contribution >= 4 is 17.2 Å². The number of hydrogen-bond donors (Lipinski definition) is 0. The Hall–Kier alpha value is -1.62. The van der Waals surface area contributed by atoms with Crippen LogP contribution in [0.25, 0.3) is 0 Å². The van der Waals surface area contributed by atoms with Gasteiger partial charge in [-0.25, -0.2) is 4.98 Å². The highest BCUT2D eigenvalue weighted by Gasteiger charge is 2.26. The average Bonchev–Trinajstić information content (AvgIpc) is 3.24. The molecule has 1 amide bonds. The largest absolute Gasteiger partial charge is 0.469 e. The first-order chi connectivity index (χ1) is 11.1. The first kappa shape index (κ1) is 16.2. The van der Waals surface area contributed by atoms with Crippen molar-refractivity contribution in [3.63, 3.8) is 0 Å². The second kappa shape index (κ2) is 7.30. The summed E-state index contributed by atoms with van der Waals surface area (Å²) in [5.41, 5.74) is 1.17. The van der Waals surface area contributed by atoms with E-state index in [0.717, 1.165) is 31.7 Å². The van der Waals surface area contributed by atoms with Crippen LogP contribution in [0, 0.1) is 0 Å². The number of likely N-dealkylation sites (tertiary alicyclic amines) is 1. The molecule has 0 N–H and O–H groups in total. The summed E-state index contributed by atoms with van der Waals surface area (Å²) >= 11 is 1.75. The Kier molecular flexibility index (Phi) is 5.16. The summed E-state index contributed by atoms with van der Waals surface area (Å²) in [6.45, 7) is 6.02. The van der Waals surface area contributed by atoms with Crippen LogP contribution in [0.1, 0.15) is 61.4 Å². The van der Waals surface area contributed by atoms with Crippen molar-refractivity contribution < 1.29 is 9.21 Å². The summed E-state index contributed by atoms with van der Waals surface area (Å²) in [6, 6.07) is 3.79. The van der Waals surface area contributed by atoms with Gasteiger partial charge in [-0.05, 0) is 30.9 Å². The van der Waals surface area contributed by atoms with Crippen LogP contribution in [0.4, 0.5) is 0 Å². The molecule has 0 aromatic carbocycles. The van der Waals surface area contributed by atoms with E-state index >= 15 is 0 Å². The second-order valence-corrected chi connectivity index (χ2v) is 7.41. The van der Waals surface area contributed by atoms with Gasteiger partial charge in [0.1, 0.15) is 5.76 Å². The van der Waals surface area contributed by atoms with Crippen molar-refractivity contribution in [2.45, 2.75) is 51.4 Å². The lowest BCUT2D eigenvalue weighted by Gasteiger charge is -2.32. The number of aromatic nitrogens is 1. The minimum Gasteiger partial charge on any atom is -0.469 e. The molecule has 0 bridgehead atoms. The number of nitrogens with zero attached hydrogens (tertiary/aromatic N) is 2. The van der Waals surface area contributed by atoms with Crippen molar-refractivity contribution in [2.75, 3.05) is 13.1 Å². The number of hydrogen-bond acceptors (Lipinski definition) is 4. The number of carbonyl (C=O) groups excluding carboxylic acids is 1. The molecule has 1 fully saturated rings. The van der Waals surface area contributed by atoms with Crippen molar-refractivity contribution in [1.82, 2.24) is 9.88 Å². The maximum absolute atomic E-state index is 12.5. The Morgan fingerprint density at radius 1 is 1.52 bits per heavy atom. The van der Waals surface area contributed by atoms with Crippen LogP contribution in [-0.4, -0.2) is 28.9 Å². The number of rotatable bonds is 5. The Balaban J connectivity index is 1.57. The van der Waals surface area contributed by atoms with Gasteiger partial charge >= 0.3 is 0 Å². The molecule has 124 valence electrons. The lowest BCUT2D eigenvalue weighted by Crippen LogP contribution is -2.39. The van der Waals surface area contributed by atoms with Gasteiger partial charge in [0.2, 0.25) is 5.91 Å². The molecule has 4 nitrogen and oxygen atoms in total. The van der Waals surface area contributed by atoms with Crippen molar-refractivity contribution in [1.29, 1.82) is 0 Å². The van der Waals surface area contributed by atoms with Gasteiger partial charge in [0.05, 0.1) is 17.0 Å². The molecule has 1 saturated heterocycles. The molecular formula is C18H24N2O2S. The van der Waals surface area contributed by atoms with E-state index in [1.807, 2.05) is 17.0 Å². The zero-order valence-electron chi connectivity index (χ0n) is 13.8. The van der Waals surface area contributed by atoms with Gasteiger partial charge in [0.15, 0.2) is 0 Å². The van der Waals surface area contributed by atoms with E-state index in [-0.39, 0.29) is 5.91 Å². The van der Waals surface area contributed by atoms with Gasteiger partial charge in [-0.1, -0.05) is 13.8 Å². The molecule has 1 aliphatic heterocycles. The fraction of sp³-hybridized carbons (Fsp3) is 0.556. The minimum absolute atomic E-state index is 0.228. The molecule has 3 heterocycles. The standard InChI is InChI=1S/C18H24N2O2S/c1-13(2)16-12-23-18(19-16)14-5-3-9-20(11-14)17(21)8-7-15-6-4-10-22-15/h4,6,10,12-14H,3,5,7-9,11H2,1-2H3/t14-/m1/s1. The smallest absolute Gasteiger partial charge is 0.223 e. The molecular weight excluding hydrogens is 308 g/mol. The third-order valence-electron chi connectivity index (χ3n) is 4.42. The topological polar surface area (TPSA) is 46.3 Å².